The molecule has 1 saturated carbocycles. The summed E-state index contributed by atoms with van der Waals surface area (Å²) in [5, 5.41) is 0.162. The minimum Gasteiger partial charge on any atom is -0.398 e. The molecule has 0 amide bonds. The Bertz CT molecular complexity index is 525. The lowest BCUT2D eigenvalue weighted by Gasteiger charge is -2.10. The molecule has 0 aliphatic heterocycles. The quantitative estimate of drug-likeness (QED) is 0.817. The highest BCUT2D eigenvalue weighted by atomic mass is 35.5. The fraction of sp³-hybridized carbons (Fsp3) is 0.500. The number of halogens is 1. The van der Waals surface area contributed by atoms with Crippen molar-refractivity contribution in [3.63, 3.8) is 0 Å². The van der Waals surface area contributed by atoms with E-state index in [2.05, 4.69) is 11.6 Å². The normalized spacial score (nSPS) is 23.0. The molecule has 18 heavy (non-hydrogen) atoms. The average molecular weight is 289 g/mol. The molecule has 0 radical (unpaired) electrons. The molecule has 1 fully saturated rings. The van der Waals surface area contributed by atoms with Gasteiger partial charge >= 0.3 is 0 Å². The Labute approximate surface area is 113 Å². The van der Waals surface area contributed by atoms with E-state index in [0.717, 1.165) is 19.3 Å². The van der Waals surface area contributed by atoms with E-state index < -0.39 is 10.0 Å². The number of nitrogens with two attached hydrogens (primary N) is 1. The van der Waals surface area contributed by atoms with E-state index in [1.807, 2.05) is 0 Å². The zero-order valence-corrected chi connectivity index (χ0v) is 11.8. The molecule has 2 unspecified atom stereocenters. The number of sulfonamides is 1. The first-order valence-corrected chi connectivity index (χ1v) is 7.88. The summed E-state index contributed by atoms with van der Waals surface area (Å²) >= 11 is 5.92. The zero-order valence-electron chi connectivity index (χ0n) is 10.2. The van der Waals surface area contributed by atoms with Crippen molar-refractivity contribution in [2.45, 2.75) is 37.1 Å². The Hall–Kier alpha value is -0.780. The fourth-order valence-corrected chi connectivity index (χ4v) is 4.14. The summed E-state index contributed by atoms with van der Waals surface area (Å²) in [6, 6.07) is 4.73. The van der Waals surface area contributed by atoms with Crippen LogP contribution in [0.25, 0.3) is 0 Å². The van der Waals surface area contributed by atoms with Gasteiger partial charge < -0.3 is 5.73 Å². The summed E-state index contributed by atoms with van der Waals surface area (Å²) in [6.07, 6.45) is 3.01. The van der Waals surface area contributed by atoms with Gasteiger partial charge in [-0.1, -0.05) is 31.0 Å². The van der Waals surface area contributed by atoms with E-state index in [0.29, 0.717) is 5.92 Å². The zero-order chi connectivity index (χ0) is 13.3. The topological polar surface area (TPSA) is 72.2 Å². The van der Waals surface area contributed by atoms with Gasteiger partial charge in [0.25, 0.3) is 0 Å². The number of benzene rings is 1. The maximum atomic E-state index is 12.2. The summed E-state index contributed by atoms with van der Waals surface area (Å²) in [4.78, 5) is -0.00573. The van der Waals surface area contributed by atoms with Crippen LogP contribution in [0.5, 0.6) is 0 Å². The Balaban J connectivity index is 2.17. The first kappa shape index (κ1) is 13.6. The van der Waals surface area contributed by atoms with E-state index in [9.17, 15) is 8.42 Å². The van der Waals surface area contributed by atoms with Crippen LogP contribution in [0.4, 0.5) is 5.69 Å². The van der Waals surface area contributed by atoms with E-state index in [-0.39, 0.29) is 21.6 Å². The lowest BCUT2D eigenvalue weighted by molar-refractivity contribution is 0.573. The van der Waals surface area contributed by atoms with Crippen LogP contribution in [0.2, 0.25) is 5.02 Å². The summed E-state index contributed by atoms with van der Waals surface area (Å²) in [5.41, 5.74) is 5.88. The van der Waals surface area contributed by atoms with Crippen LogP contribution in [0, 0.1) is 5.92 Å². The van der Waals surface area contributed by atoms with Crippen LogP contribution in [-0.4, -0.2) is 14.5 Å². The van der Waals surface area contributed by atoms with Crippen molar-refractivity contribution in [1.29, 1.82) is 0 Å². The van der Waals surface area contributed by atoms with Gasteiger partial charge in [0, 0.05) is 6.04 Å². The monoisotopic (exact) mass is 288 g/mol. The molecule has 0 saturated heterocycles. The van der Waals surface area contributed by atoms with Gasteiger partial charge in [-0.15, -0.1) is 0 Å². The highest BCUT2D eigenvalue weighted by Gasteiger charge is 2.40. The molecular formula is C12H17ClN2O2S. The second-order valence-electron chi connectivity index (χ2n) is 4.67. The highest BCUT2D eigenvalue weighted by Crippen LogP contribution is 2.37. The van der Waals surface area contributed by atoms with Gasteiger partial charge in [0.2, 0.25) is 10.0 Å². The number of nitrogen functional groups attached to an aromatic ring is 1. The van der Waals surface area contributed by atoms with Crippen molar-refractivity contribution in [2.75, 3.05) is 5.73 Å². The molecule has 0 spiro atoms. The average Bonchev–Trinajstić information content (AvgIpc) is 2.95. The third-order valence-corrected chi connectivity index (χ3v) is 5.19. The summed E-state index contributed by atoms with van der Waals surface area (Å²) in [5.74, 6) is 0.452. The molecule has 1 aliphatic carbocycles. The molecule has 1 aromatic carbocycles. The van der Waals surface area contributed by atoms with Gasteiger partial charge in [-0.2, -0.15) is 0 Å². The number of anilines is 1. The molecule has 2 rings (SSSR count). The van der Waals surface area contributed by atoms with Crippen LogP contribution in [0.1, 0.15) is 26.2 Å². The summed E-state index contributed by atoms with van der Waals surface area (Å²) in [6.45, 7) is 2.09. The Kier molecular flexibility index (Phi) is 3.84. The molecule has 2 atom stereocenters. The minimum atomic E-state index is -3.62. The molecule has 0 bridgehead atoms. The van der Waals surface area contributed by atoms with Crippen LogP contribution >= 0.6 is 11.6 Å². The second-order valence-corrected chi connectivity index (χ2v) is 6.73. The van der Waals surface area contributed by atoms with Crippen molar-refractivity contribution < 1.29 is 8.42 Å². The van der Waals surface area contributed by atoms with E-state index in [1.165, 1.54) is 12.1 Å². The maximum Gasteiger partial charge on any atom is 0.244 e. The van der Waals surface area contributed by atoms with Gasteiger partial charge in [0.05, 0.1) is 10.7 Å². The highest BCUT2D eigenvalue weighted by molar-refractivity contribution is 7.89. The van der Waals surface area contributed by atoms with E-state index >= 15 is 0 Å². The number of hydrogen-bond acceptors (Lipinski definition) is 3. The van der Waals surface area contributed by atoms with Gasteiger partial charge in [-0.05, 0) is 30.9 Å². The first-order valence-electron chi connectivity index (χ1n) is 6.02. The maximum absolute atomic E-state index is 12.2. The fourth-order valence-electron chi connectivity index (χ4n) is 2.15. The van der Waals surface area contributed by atoms with Gasteiger partial charge in [-0.25, -0.2) is 13.1 Å². The van der Waals surface area contributed by atoms with Crippen molar-refractivity contribution in [3.05, 3.63) is 23.2 Å². The third-order valence-electron chi connectivity index (χ3n) is 3.15. The Morgan fingerprint density at radius 3 is 2.83 bits per heavy atom. The molecule has 0 aromatic heterocycles. The van der Waals surface area contributed by atoms with Crippen molar-refractivity contribution in [1.82, 2.24) is 4.72 Å². The third kappa shape index (κ3) is 2.79. The molecular weight excluding hydrogens is 272 g/mol. The van der Waals surface area contributed by atoms with E-state index in [4.69, 9.17) is 17.3 Å². The smallest absolute Gasteiger partial charge is 0.244 e. The molecule has 1 aromatic rings. The Morgan fingerprint density at radius 2 is 2.22 bits per heavy atom. The van der Waals surface area contributed by atoms with Gasteiger partial charge in [0.1, 0.15) is 4.90 Å². The van der Waals surface area contributed by atoms with Crippen molar-refractivity contribution in [2.24, 2.45) is 5.92 Å². The number of hydrogen-bond donors (Lipinski definition) is 2. The van der Waals surface area contributed by atoms with Crippen molar-refractivity contribution in [3.8, 4) is 0 Å². The van der Waals surface area contributed by atoms with Crippen LogP contribution in [-0.2, 0) is 10.0 Å². The van der Waals surface area contributed by atoms with Crippen LogP contribution in [0.3, 0.4) is 0 Å². The molecule has 1 aliphatic rings. The number of nitrogens with one attached hydrogen (secondary N) is 1. The molecule has 100 valence electrons. The standard InChI is InChI=1S/C12H17ClN2O2S/c1-2-4-8-7-11(8)15-18(16,17)12-9(13)5-3-6-10(12)14/h3,5-6,8,11,15H,2,4,7,14H2,1H3. The van der Waals surface area contributed by atoms with Gasteiger partial charge in [-0.3, -0.25) is 0 Å². The summed E-state index contributed by atoms with van der Waals surface area (Å²) < 4.78 is 27.1. The SMILES string of the molecule is CCCC1CC1NS(=O)(=O)c1c(N)cccc1Cl. The lowest BCUT2D eigenvalue weighted by atomic mass is 10.2. The minimum absolute atomic E-state index is 0.00573. The van der Waals surface area contributed by atoms with Gasteiger partial charge in [0.15, 0.2) is 0 Å². The van der Waals surface area contributed by atoms with Crippen LogP contribution < -0.4 is 10.5 Å². The first-order chi connectivity index (χ1) is 8.45. The van der Waals surface area contributed by atoms with Crippen LogP contribution in [0.15, 0.2) is 23.1 Å². The molecule has 6 heteroatoms. The lowest BCUT2D eigenvalue weighted by Crippen LogP contribution is -2.28. The predicted molar refractivity (Wildman–Crippen MR) is 73.0 cm³/mol. The molecule has 0 heterocycles. The van der Waals surface area contributed by atoms with E-state index in [1.54, 1.807) is 6.07 Å². The van der Waals surface area contributed by atoms with Crippen molar-refractivity contribution >= 4 is 27.3 Å². The number of rotatable bonds is 5. The summed E-state index contributed by atoms with van der Waals surface area (Å²) in [7, 11) is -3.62. The largest absolute Gasteiger partial charge is 0.398 e. The Morgan fingerprint density at radius 1 is 1.50 bits per heavy atom. The molecule has 4 nitrogen and oxygen atoms in total. The predicted octanol–water partition coefficient (Wildman–Crippen LogP) is 2.39. The second kappa shape index (κ2) is 5.07. The molecule has 3 N–H and O–H groups in total.